The molecule has 2 amide bonds. The van der Waals surface area contributed by atoms with E-state index in [-0.39, 0.29) is 46.0 Å². The minimum Gasteiger partial charge on any atom is -0.383 e. The number of aromatic nitrogens is 2. The molecular weight excluding hydrogens is 644 g/mol. The van der Waals surface area contributed by atoms with Crippen molar-refractivity contribution in [2.45, 2.75) is 37.8 Å². The highest BCUT2D eigenvalue weighted by Crippen LogP contribution is 2.23. The summed E-state index contributed by atoms with van der Waals surface area (Å²) in [5, 5.41) is 12.5. The van der Waals surface area contributed by atoms with Crippen molar-refractivity contribution in [3.63, 3.8) is 0 Å². The molecular formula is C36H41F2N9O3. The lowest BCUT2D eigenvalue weighted by atomic mass is 10.0. The molecule has 2 saturated heterocycles. The third-order valence-electron chi connectivity index (χ3n) is 8.61. The Morgan fingerprint density at radius 3 is 1.54 bits per heavy atom. The highest BCUT2D eigenvalue weighted by Gasteiger charge is 2.23. The summed E-state index contributed by atoms with van der Waals surface area (Å²) < 4.78 is 27.6. The summed E-state index contributed by atoms with van der Waals surface area (Å²) in [5.74, 6) is -0.755. The molecule has 0 bridgehead atoms. The lowest BCUT2D eigenvalue weighted by Gasteiger charge is -2.32. The minimum absolute atomic E-state index is 0.0000593. The summed E-state index contributed by atoms with van der Waals surface area (Å²) in [5.41, 5.74) is 12.2. The first-order valence-electron chi connectivity index (χ1n) is 16.5. The molecule has 4 heterocycles. The topological polar surface area (TPSA) is 180 Å². The Morgan fingerprint density at radius 2 is 1.12 bits per heavy atom. The number of nitrogens with one attached hydrogen (secondary N) is 4. The van der Waals surface area contributed by atoms with E-state index in [9.17, 15) is 23.2 Å². The van der Waals surface area contributed by atoms with Crippen molar-refractivity contribution in [1.82, 2.24) is 25.5 Å². The van der Waals surface area contributed by atoms with Crippen LogP contribution in [0.4, 0.5) is 36.8 Å². The zero-order valence-electron chi connectivity index (χ0n) is 27.7. The standard InChI is InChI=1S/C19H22FN5O2.C17H19FN4O/c1-22-19(27)25-10-8-12(9-11-25)23-16-7-6-14(18(21)24-16)17(26)13-4-2-3-5-15(13)20;18-14-4-2-1-3-12(14)16(23)13-5-6-15(22-17(13)19)21-11-7-9-20-10-8-11/h2-7,12H,8-11H2,1H3,(H,22,27)(H3,21,23,24);1-6,11,20H,7-10H2,(H3,19,21,22). The van der Waals surface area contributed by atoms with E-state index in [0.29, 0.717) is 30.8 Å². The largest absolute Gasteiger partial charge is 0.383 e. The molecule has 262 valence electrons. The first-order chi connectivity index (χ1) is 24.1. The maximum Gasteiger partial charge on any atom is 0.317 e. The molecule has 0 radical (unpaired) electrons. The van der Waals surface area contributed by atoms with Crippen molar-refractivity contribution in [1.29, 1.82) is 0 Å². The van der Waals surface area contributed by atoms with Crippen LogP contribution in [0.15, 0.2) is 72.8 Å². The molecule has 0 saturated carbocycles. The van der Waals surface area contributed by atoms with Crippen LogP contribution in [0, 0.1) is 11.6 Å². The number of ketones is 2. The second-order valence-electron chi connectivity index (χ2n) is 12.0. The van der Waals surface area contributed by atoms with Crippen LogP contribution >= 0.6 is 0 Å². The Hall–Kier alpha value is -5.63. The summed E-state index contributed by atoms with van der Waals surface area (Å²) in [6, 6.07) is 18.6. The number of benzene rings is 2. The second kappa shape index (κ2) is 16.7. The number of halogens is 2. The zero-order chi connectivity index (χ0) is 35.6. The number of urea groups is 1. The molecule has 6 rings (SSSR count). The molecule has 4 aromatic rings. The number of nitrogen functional groups attached to an aromatic ring is 2. The minimum atomic E-state index is -0.591. The smallest absolute Gasteiger partial charge is 0.317 e. The number of rotatable bonds is 8. The van der Waals surface area contributed by atoms with E-state index in [0.717, 1.165) is 38.8 Å². The summed E-state index contributed by atoms with van der Waals surface area (Å²) in [6.45, 7) is 3.24. The average Bonchev–Trinajstić information content (AvgIpc) is 3.12. The van der Waals surface area contributed by atoms with Crippen molar-refractivity contribution in [3.8, 4) is 0 Å². The highest BCUT2D eigenvalue weighted by atomic mass is 19.1. The molecule has 8 N–H and O–H groups in total. The van der Waals surface area contributed by atoms with Crippen LogP contribution in [0.2, 0.25) is 0 Å². The summed E-state index contributed by atoms with van der Waals surface area (Å²) in [7, 11) is 1.61. The van der Waals surface area contributed by atoms with Crippen molar-refractivity contribution < 1.29 is 23.2 Å². The van der Waals surface area contributed by atoms with E-state index in [1.807, 2.05) is 0 Å². The molecule has 0 atom stereocenters. The molecule has 50 heavy (non-hydrogen) atoms. The van der Waals surface area contributed by atoms with E-state index >= 15 is 0 Å². The number of nitrogens with zero attached hydrogens (tertiary/aromatic N) is 3. The third kappa shape index (κ3) is 8.88. The van der Waals surface area contributed by atoms with Gasteiger partial charge in [0.2, 0.25) is 0 Å². The van der Waals surface area contributed by atoms with Gasteiger partial charge >= 0.3 is 6.03 Å². The van der Waals surface area contributed by atoms with Gasteiger partial charge in [-0.25, -0.2) is 23.5 Å². The normalized spacial score (nSPS) is 15.0. The molecule has 2 aliphatic heterocycles. The van der Waals surface area contributed by atoms with Gasteiger partial charge in [-0.1, -0.05) is 24.3 Å². The summed E-state index contributed by atoms with van der Waals surface area (Å²) >= 11 is 0. The number of amides is 2. The number of carbonyl (C=O) groups excluding carboxylic acids is 3. The van der Waals surface area contributed by atoms with Crippen LogP contribution in [-0.4, -0.2) is 77.8 Å². The van der Waals surface area contributed by atoms with Gasteiger partial charge in [0.05, 0.1) is 22.3 Å². The second-order valence-corrected chi connectivity index (χ2v) is 12.0. The maximum atomic E-state index is 13.8. The molecule has 2 aromatic heterocycles. The predicted molar refractivity (Wildman–Crippen MR) is 189 cm³/mol. The van der Waals surface area contributed by atoms with Gasteiger partial charge in [-0.2, -0.15) is 0 Å². The Balaban J connectivity index is 0.000000197. The van der Waals surface area contributed by atoms with E-state index < -0.39 is 23.2 Å². The van der Waals surface area contributed by atoms with Crippen molar-refractivity contribution >= 4 is 40.9 Å². The molecule has 14 heteroatoms. The lowest BCUT2D eigenvalue weighted by Crippen LogP contribution is -2.45. The number of nitrogens with two attached hydrogens (primary N) is 2. The Bertz CT molecular complexity index is 1830. The average molecular weight is 686 g/mol. The Kier molecular flexibility index (Phi) is 11.9. The van der Waals surface area contributed by atoms with Crippen LogP contribution in [0.25, 0.3) is 0 Å². The van der Waals surface area contributed by atoms with E-state index in [1.165, 1.54) is 30.3 Å². The van der Waals surface area contributed by atoms with Crippen LogP contribution in [-0.2, 0) is 0 Å². The fourth-order valence-electron chi connectivity index (χ4n) is 5.85. The van der Waals surface area contributed by atoms with Gasteiger partial charge < -0.3 is 37.6 Å². The molecule has 0 aliphatic carbocycles. The monoisotopic (exact) mass is 685 g/mol. The Labute approximate surface area is 289 Å². The lowest BCUT2D eigenvalue weighted by molar-refractivity contribution is 0.102. The molecule has 2 aliphatic rings. The maximum absolute atomic E-state index is 13.8. The Morgan fingerprint density at radius 1 is 0.680 bits per heavy atom. The van der Waals surface area contributed by atoms with Gasteiger partial charge in [0.25, 0.3) is 0 Å². The van der Waals surface area contributed by atoms with Crippen molar-refractivity contribution in [3.05, 3.63) is 107 Å². The van der Waals surface area contributed by atoms with Gasteiger partial charge in [0, 0.05) is 32.2 Å². The summed E-state index contributed by atoms with van der Waals surface area (Å²) in [4.78, 5) is 46.8. The van der Waals surface area contributed by atoms with Gasteiger partial charge in [-0.3, -0.25) is 9.59 Å². The van der Waals surface area contributed by atoms with Crippen molar-refractivity contribution in [2.24, 2.45) is 0 Å². The highest BCUT2D eigenvalue weighted by molar-refractivity contribution is 6.12. The number of hydrogen-bond acceptors (Lipinski definition) is 10. The van der Waals surface area contributed by atoms with E-state index in [2.05, 4.69) is 31.2 Å². The van der Waals surface area contributed by atoms with E-state index in [4.69, 9.17) is 11.5 Å². The third-order valence-corrected chi connectivity index (χ3v) is 8.61. The number of hydrogen-bond donors (Lipinski definition) is 6. The van der Waals surface area contributed by atoms with Gasteiger partial charge in [-0.15, -0.1) is 0 Å². The number of likely N-dealkylation sites (tertiary alicyclic amines) is 1. The van der Waals surface area contributed by atoms with Crippen LogP contribution < -0.4 is 32.7 Å². The van der Waals surface area contributed by atoms with Crippen LogP contribution in [0.3, 0.4) is 0 Å². The van der Waals surface area contributed by atoms with Gasteiger partial charge in [-0.05, 0) is 87.3 Å². The molecule has 2 aromatic carbocycles. The molecule has 2 fully saturated rings. The fraction of sp³-hybridized carbons (Fsp3) is 0.306. The number of piperidine rings is 2. The van der Waals surface area contributed by atoms with Gasteiger partial charge in [0.15, 0.2) is 11.6 Å². The van der Waals surface area contributed by atoms with E-state index in [1.54, 1.807) is 54.4 Å². The first-order valence-corrected chi connectivity index (χ1v) is 16.5. The van der Waals surface area contributed by atoms with Gasteiger partial charge in [0.1, 0.15) is 34.9 Å². The first kappa shape index (κ1) is 35.7. The predicted octanol–water partition coefficient (Wildman–Crippen LogP) is 4.45. The number of carbonyl (C=O) groups is 3. The summed E-state index contributed by atoms with van der Waals surface area (Å²) in [6.07, 6.45) is 3.59. The molecule has 0 unspecified atom stereocenters. The zero-order valence-corrected chi connectivity index (χ0v) is 27.7. The number of pyridine rings is 2. The SMILES string of the molecule is CNC(=O)N1CCC(Nc2ccc(C(=O)c3ccccc3F)c(N)n2)CC1.Nc1nc(NC2CCNCC2)ccc1C(=O)c1ccccc1F. The molecule has 0 spiro atoms. The van der Waals surface area contributed by atoms with Crippen LogP contribution in [0.1, 0.15) is 57.5 Å². The molecule has 12 nitrogen and oxygen atoms in total. The van der Waals surface area contributed by atoms with Crippen molar-refractivity contribution in [2.75, 3.05) is 55.3 Å². The quantitative estimate of drug-likeness (QED) is 0.145. The fourth-order valence-corrected chi connectivity index (χ4v) is 5.85. The number of anilines is 4. The van der Waals surface area contributed by atoms with Crippen LogP contribution in [0.5, 0.6) is 0 Å².